The van der Waals surface area contributed by atoms with Gasteiger partial charge >= 0.3 is 0 Å². The smallest absolute Gasteiger partial charge is 0.118 e. The molecule has 1 saturated carbocycles. The molecule has 0 saturated heterocycles. The normalized spacial score (nSPS) is 15.4. The highest BCUT2D eigenvalue weighted by atomic mass is 16.5. The van der Waals surface area contributed by atoms with Gasteiger partial charge in [0.15, 0.2) is 0 Å². The lowest BCUT2D eigenvalue weighted by Crippen LogP contribution is -2.61. The highest BCUT2D eigenvalue weighted by Gasteiger charge is 2.09. The van der Waals surface area contributed by atoms with Crippen molar-refractivity contribution in [3.63, 3.8) is 0 Å². The van der Waals surface area contributed by atoms with E-state index in [0.717, 1.165) is 6.04 Å². The molecule has 0 bridgehead atoms. The summed E-state index contributed by atoms with van der Waals surface area (Å²) in [6.45, 7) is 0. The summed E-state index contributed by atoms with van der Waals surface area (Å²) in [4.78, 5) is 10.2. The van der Waals surface area contributed by atoms with Gasteiger partial charge in [0.25, 0.3) is 0 Å². The fourth-order valence-corrected chi connectivity index (χ4v) is 1.91. The Labute approximate surface area is 108 Å². The third kappa shape index (κ3) is 5.19. The van der Waals surface area contributed by atoms with E-state index in [0.29, 0.717) is 5.75 Å². The number of carboxylic acids is 1. The van der Waals surface area contributed by atoms with Crippen LogP contribution in [-0.2, 0) is 0 Å². The molecular weight excluding hydrogens is 230 g/mol. The average Bonchev–Trinajstić information content (AvgIpc) is 2.40. The first-order valence-corrected chi connectivity index (χ1v) is 6.32. The Hall–Kier alpha value is -1.55. The van der Waals surface area contributed by atoms with Gasteiger partial charge in [-0.15, -0.1) is 0 Å². The Morgan fingerprint density at radius 2 is 1.78 bits per heavy atom. The Balaban J connectivity index is 0.000000199. The number of carbonyl (C=O) groups is 1. The molecule has 1 aliphatic rings. The van der Waals surface area contributed by atoms with Crippen molar-refractivity contribution in [3.05, 3.63) is 29.8 Å². The Bertz CT molecular complexity index is 356. The lowest BCUT2D eigenvalue weighted by Gasteiger charge is -2.12. The molecule has 2 rings (SSSR count). The molecular formula is C14H21NO3. The van der Waals surface area contributed by atoms with Gasteiger partial charge in [-0.05, 0) is 55.5 Å². The first-order valence-electron chi connectivity index (χ1n) is 6.32. The van der Waals surface area contributed by atoms with E-state index in [4.69, 9.17) is 4.74 Å². The number of hydrogen-bond donors (Lipinski definition) is 1. The topological polar surface area (TPSA) is 77.0 Å². The van der Waals surface area contributed by atoms with Crippen LogP contribution in [0.25, 0.3) is 0 Å². The van der Waals surface area contributed by atoms with Gasteiger partial charge in [0.2, 0.25) is 0 Å². The van der Waals surface area contributed by atoms with Crippen LogP contribution in [0.1, 0.15) is 42.5 Å². The quantitative estimate of drug-likeness (QED) is 0.837. The van der Waals surface area contributed by atoms with Gasteiger partial charge in [0, 0.05) is 0 Å². The largest absolute Gasteiger partial charge is 0.545 e. The molecule has 0 spiro atoms. The number of ether oxygens (including phenoxy) is 1. The highest BCUT2D eigenvalue weighted by Crippen LogP contribution is 2.13. The molecule has 1 aromatic rings. The van der Waals surface area contributed by atoms with Crippen LogP contribution in [-0.4, -0.2) is 19.1 Å². The predicted molar refractivity (Wildman–Crippen MR) is 67.1 cm³/mol. The molecule has 0 amide bonds. The van der Waals surface area contributed by atoms with Gasteiger partial charge in [0.05, 0.1) is 19.1 Å². The van der Waals surface area contributed by atoms with E-state index in [1.807, 2.05) is 0 Å². The highest BCUT2D eigenvalue weighted by molar-refractivity contribution is 5.85. The Morgan fingerprint density at radius 3 is 2.11 bits per heavy atom. The number of benzene rings is 1. The summed E-state index contributed by atoms with van der Waals surface area (Å²) < 4.78 is 4.84. The minimum atomic E-state index is -1.17. The van der Waals surface area contributed by atoms with Crippen molar-refractivity contribution in [2.75, 3.05) is 7.11 Å². The average molecular weight is 251 g/mol. The molecule has 4 heteroatoms. The van der Waals surface area contributed by atoms with Crippen molar-refractivity contribution in [3.8, 4) is 5.75 Å². The SMILES string of the molecule is COc1ccc(C(=O)[O-])cc1.[NH3+]C1CCCCC1. The maximum Gasteiger partial charge on any atom is 0.118 e. The molecule has 100 valence electrons. The zero-order valence-corrected chi connectivity index (χ0v) is 10.9. The van der Waals surface area contributed by atoms with Crippen LogP contribution in [0.5, 0.6) is 5.75 Å². The molecule has 0 radical (unpaired) electrons. The van der Waals surface area contributed by atoms with Crippen LogP contribution in [0.4, 0.5) is 0 Å². The number of aromatic carboxylic acids is 1. The maximum atomic E-state index is 10.2. The number of carbonyl (C=O) groups excluding carboxylic acids is 1. The molecule has 0 aliphatic heterocycles. The van der Waals surface area contributed by atoms with Gasteiger partial charge in [0.1, 0.15) is 5.75 Å². The van der Waals surface area contributed by atoms with E-state index in [-0.39, 0.29) is 5.56 Å². The molecule has 0 aromatic heterocycles. The summed E-state index contributed by atoms with van der Waals surface area (Å²) in [6, 6.07) is 6.81. The summed E-state index contributed by atoms with van der Waals surface area (Å²) in [5, 5.41) is 10.2. The molecule has 18 heavy (non-hydrogen) atoms. The second-order valence-electron chi connectivity index (χ2n) is 4.52. The fourth-order valence-electron chi connectivity index (χ4n) is 1.91. The minimum absolute atomic E-state index is 0.158. The van der Waals surface area contributed by atoms with Crippen molar-refractivity contribution in [2.45, 2.75) is 38.1 Å². The summed E-state index contributed by atoms with van der Waals surface area (Å²) in [5.74, 6) is -0.539. The molecule has 3 N–H and O–H groups in total. The zero-order valence-electron chi connectivity index (χ0n) is 10.9. The summed E-state index contributed by atoms with van der Waals surface area (Å²) in [7, 11) is 1.52. The molecule has 0 unspecified atom stereocenters. The van der Waals surface area contributed by atoms with Gasteiger partial charge in [-0.3, -0.25) is 0 Å². The monoisotopic (exact) mass is 251 g/mol. The van der Waals surface area contributed by atoms with E-state index < -0.39 is 5.97 Å². The summed E-state index contributed by atoms with van der Waals surface area (Å²) in [6.07, 6.45) is 7.05. The molecule has 0 atom stereocenters. The second-order valence-corrected chi connectivity index (χ2v) is 4.52. The molecule has 0 heterocycles. The Morgan fingerprint density at radius 1 is 1.22 bits per heavy atom. The van der Waals surface area contributed by atoms with E-state index in [1.165, 1.54) is 51.3 Å². The van der Waals surface area contributed by atoms with Crippen LogP contribution in [0.15, 0.2) is 24.3 Å². The Kier molecular flexibility index (Phi) is 6.22. The van der Waals surface area contributed by atoms with Gasteiger partial charge in [-0.25, -0.2) is 0 Å². The first kappa shape index (κ1) is 14.5. The standard InChI is InChI=1S/C8H8O3.C6H13N/c1-11-7-4-2-6(3-5-7)8(9)10;7-6-4-2-1-3-5-6/h2-5H,1H3,(H,9,10);6H,1-5,7H2. The predicted octanol–water partition coefficient (Wildman–Crippen LogP) is 0.620. The van der Waals surface area contributed by atoms with Gasteiger partial charge in [-0.1, -0.05) is 6.42 Å². The van der Waals surface area contributed by atoms with Gasteiger partial charge < -0.3 is 20.4 Å². The van der Waals surface area contributed by atoms with Crippen LogP contribution in [0.2, 0.25) is 0 Å². The summed E-state index contributed by atoms with van der Waals surface area (Å²) >= 11 is 0. The fraction of sp³-hybridized carbons (Fsp3) is 0.500. The van der Waals surface area contributed by atoms with Crippen molar-refractivity contribution in [1.82, 2.24) is 0 Å². The van der Waals surface area contributed by atoms with Gasteiger partial charge in [-0.2, -0.15) is 0 Å². The molecule has 4 nitrogen and oxygen atoms in total. The lowest BCUT2D eigenvalue weighted by molar-refractivity contribution is -0.425. The first-order chi connectivity index (χ1) is 8.63. The summed E-state index contributed by atoms with van der Waals surface area (Å²) in [5.41, 5.74) is 4.16. The van der Waals surface area contributed by atoms with E-state index in [2.05, 4.69) is 5.73 Å². The van der Waals surface area contributed by atoms with E-state index in [1.54, 1.807) is 12.1 Å². The van der Waals surface area contributed by atoms with Crippen LogP contribution in [0, 0.1) is 0 Å². The third-order valence-electron chi connectivity index (χ3n) is 3.05. The van der Waals surface area contributed by atoms with Crippen molar-refractivity contribution >= 4 is 5.97 Å². The van der Waals surface area contributed by atoms with Crippen LogP contribution >= 0.6 is 0 Å². The maximum absolute atomic E-state index is 10.2. The van der Waals surface area contributed by atoms with Crippen molar-refractivity contribution in [1.29, 1.82) is 0 Å². The number of hydrogen-bond acceptors (Lipinski definition) is 3. The number of carboxylic acid groups (broad SMARTS) is 1. The molecule has 1 aliphatic carbocycles. The number of quaternary nitrogens is 1. The second kappa shape index (κ2) is 7.71. The van der Waals surface area contributed by atoms with Crippen molar-refractivity contribution in [2.24, 2.45) is 0 Å². The number of methoxy groups -OCH3 is 1. The third-order valence-corrected chi connectivity index (χ3v) is 3.05. The van der Waals surface area contributed by atoms with E-state index >= 15 is 0 Å². The van der Waals surface area contributed by atoms with Crippen LogP contribution < -0.4 is 15.6 Å². The minimum Gasteiger partial charge on any atom is -0.545 e. The molecule has 1 aromatic carbocycles. The molecule has 1 fully saturated rings. The van der Waals surface area contributed by atoms with E-state index in [9.17, 15) is 9.90 Å². The number of rotatable bonds is 2. The van der Waals surface area contributed by atoms with Crippen molar-refractivity contribution < 1.29 is 20.4 Å². The zero-order chi connectivity index (χ0) is 13.4. The van der Waals surface area contributed by atoms with Crippen LogP contribution in [0.3, 0.4) is 0 Å². The lowest BCUT2D eigenvalue weighted by atomic mass is 9.97.